The minimum atomic E-state index is -0.392. The highest BCUT2D eigenvalue weighted by Crippen LogP contribution is 2.27. The summed E-state index contributed by atoms with van der Waals surface area (Å²) in [5, 5.41) is 0.991. The summed E-state index contributed by atoms with van der Waals surface area (Å²) >= 11 is 0. The molecule has 0 aliphatic rings. The van der Waals surface area contributed by atoms with Crippen LogP contribution in [0.15, 0.2) is 22.6 Å². The number of ether oxygens (including phenoxy) is 1. The van der Waals surface area contributed by atoms with Gasteiger partial charge in [-0.15, -0.1) is 0 Å². The topological polar surface area (TPSA) is 39.4 Å². The molecule has 0 spiro atoms. The normalized spacial score (nSPS) is 11.2. The summed E-state index contributed by atoms with van der Waals surface area (Å²) in [6.07, 6.45) is 0.822. The van der Waals surface area contributed by atoms with E-state index in [4.69, 9.17) is 9.15 Å². The molecule has 2 aromatic rings. The number of benzene rings is 1. The Kier molecular flexibility index (Phi) is 3.41. The Balaban J connectivity index is 2.47. The van der Waals surface area contributed by atoms with Gasteiger partial charge in [-0.05, 0) is 44.9 Å². The van der Waals surface area contributed by atoms with Crippen LogP contribution in [0, 0.1) is 6.92 Å². The van der Waals surface area contributed by atoms with Gasteiger partial charge in [0, 0.05) is 10.9 Å². The van der Waals surface area contributed by atoms with Crippen LogP contribution in [0.25, 0.3) is 11.0 Å². The lowest BCUT2D eigenvalue weighted by Gasteiger charge is -2.05. The zero-order chi connectivity index (χ0) is 13.3. The molecule has 0 saturated heterocycles. The average Bonchev–Trinajstić information content (AvgIpc) is 2.65. The summed E-state index contributed by atoms with van der Waals surface area (Å²) in [6, 6.07) is 6.00. The van der Waals surface area contributed by atoms with E-state index in [0.717, 1.165) is 23.0 Å². The summed E-state index contributed by atoms with van der Waals surface area (Å²) < 4.78 is 10.8. The first-order chi connectivity index (χ1) is 8.52. The third kappa shape index (κ3) is 2.26. The van der Waals surface area contributed by atoms with E-state index in [1.807, 2.05) is 32.9 Å². The molecule has 0 N–H and O–H groups in total. The van der Waals surface area contributed by atoms with Gasteiger partial charge in [0.05, 0.1) is 6.10 Å². The molecule has 3 nitrogen and oxygen atoms in total. The maximum absolute atomic E-state index is 11.9. The molecule has 3 heteroatoms. The number of hydrogen-bond acceptors (Lipinski definition) is 3. The van der Waals surface area contributed by atoms with Crippen LogP contribution in [-0.4, -0.2) is 12.1 Å². The number of carbonyl (C=O) groups is 1. The van der Waals surface area contributed by atoms with Crippen LogP contribution in [0.4, 0.5) is 0 Å². The van der Waals surface area contributed by atoms with Crippen molar-refractivity contribution in [3.8, 4) is 0 Å². The highest BCUT2D eigenvalue weighted by molar-refractivity contribution is 5.96. The number of fused-ring (bicyclic) bond motifs is 1. The first kappa shape index (κ1) is 12.7. The fourth-order valence-corrected chi connectivity index (χ4v) is 1.95. The second kappa shape index (κ2) is 4.84. The lowest BCUT2D eigenvalue weighted by atomic mass is 10.1. The Hall–Kier alpha value is -1.77. The third-order valence-electron chi connectivity index (χ3n) is 2.94. The van der Waals surface area contributed by atoms with E-state index in [1.165, 1.54) is 5.56 Å². The number of esters is 1. The number of aryl methyl sites for hydroxylation is 2. The van der Waals surface area contributed by atoms with Crippen LogP contribution < -0.4 is 0 Å². The smallest absolute Gasteiger partial charge is 0.374 e. The quantitative estimate of drug-likeness (QED) is 0.772. The lowest BCUT2D eigenvalue weighted by Crippen LogP contribution is -2.11. The Labute approximate surface area is 107 Å². The van der Waals surface area contributed by atoms with Crippen molar-refractivity contribution in [1.82, 2.24) is 0 Å². The fourth-order valence-electron chi connectivity index (χ4n) is 1.95. The molecule has 1 heterocycles. The Morgan fingerprint density at radius 1 is 1.39 bits per heavy atom. The molecular weight excluding hydrogens is 228 g/mol. The summed E-state index contributed by atoms with van der Waals surface area (Å²) in [6.45, 7) is 7.64. The van der Waals surface area contributed by atoms with Crippen molar-refractivity contribution in [2.24, 2.45) is 0 Å². The molecule has 0 aliphatic carbocycles. The second-order valence-corrected chi connectivity index (χ2v) is 4.69. The largest absolute Gasteiger partial charge is 0.457 e. The minimum Gasteiger partial charge on any atom is -0.457 e. The molecule has 0 atom stereocenters. The van der Waals surface area contributed by atoms with E-state index in [-0.39, 0.29) is 6.10 Å². The Morgan fingerprint density at radius 3 is 2.72 bits per heavy atom. The molecule has 0 bridgehead atoms. The van der Waals surface area contributed by atoms with Gasteiger partial charge in [-0.1, -0.05) is 13.0 Å². The predicted molar refractivity (Wildman–Crippen MR) is 70.9 cm³/mol. The van der Waals surface area contributed by atoms with Gasteiger partial charge in [-0.25, -0.2) is 4.79 Å². The van der Waals surface area contributed by atoms with Crippen LogP contribution in [0.1, 0.15) is 42.5 Å². The number of carbonyl (C=O) groups excluding carboxylic acids is 1. The van der Waals surface area contributed by atoms with Gasteiger partial charge in [0.25, 0.3) is 0 Å². The molecule has 0 radical (unpaired) electrons. The SMILES string of the molecule is CCc1ccc2oc(C(=O)OC(C)C)c(C)c2c1. The van der Waals surface area contributed by atoms with E-state index >= 15 is 0 Å². The van der Waals surface area contributed by atoms with E-state index in [2.05, 4.69) is 13.0 Å². The van der Waals surface area contributed by atoms with E-state index in [9.17, 15) is 4.79 Å². The van der Waals surface area contributed by atoms with E-state index in [1.54, 1.807) is 0 Å². The molecule has 96 valence electrons. The van der Waals surface area contributed by atoms with Crippen molar-refractivity contribution in [2.45, 2.75) is 40.2 Å². The monoisotopic (exact) mass is 246 g/mol. The van der Waals surface area contributed by atoms with Crippen LogP contribution >= 0.6 is 0 Å². The molecule has 0 saturated carbocycles. The molecule has 2 rings (SSSR count). The number of furan rings is 1. The van der Waals surface area contributed by atoms with Crippen LogP contribution in [0.2, 0.25) is 0 Å². The first-order valence-corrected chi connectivity index (χ1v) is 6.26. The number of hydrogen-bond donors (Lipinski definition) is 0. The molecule has 0 fully saturated rings. The van der Waals surface area contributed by atoms with Gasteiger partial charge in [0.15, 0.2) is 0 Å². The number of rotatable bonds is 3. The standard InChI is InChI=1S/C15H18O3/c1-5-11-6-7-13-12(8-11)10(4)14(18-13)15(16)17-9(2)3/h6-9H,5H2,1-4H3. The van der Waals surface area contributed by atoms with Crippen molar-refractivity contribution >= 4 is 16.9 Å². The fraction of sp³-hybridized carbons (Fsp3) is 0.400. The average molecular weight is 246 g/mol. The second-order valence-electron chi connectivity index (χ2n) is 4.69. The van der Waals surface area contributed by atoms with Crippen LogP contribution in [-0.2, 0) is 11.2 Å². The van der Waals surface area contributed by atoms with Crippen LogP contribution in [0.3, 0.4) is 0 Å². The predicted octanol–water partition coefficient (Wildman–Crippen LogP) is 3.87. The molecule has 0 aliphatic heterocycles. The van der Waals surface area contributed by atoms with E-state index in [0.29, 0.717) is 5.76 Å². The van der Waals surface area contributed by atoms with Crippen molar-refractivity contribution in [2.75, 3.05) is 0 Å². The Morgan fingerprint density at radius 2 is 2.11 bits per heavy atom. The summed E-state index contributed by atoms with van der Waals surface area (Å²) in [7, 11) is 0. The maximum atomic E-state index is 11.9. The summed E-state index contributed by atoms with van der Waals surface area (Å²) in [5.74, 6) is -0.0799. The maximum Gasteiger partial charge on any atom is 0.374 e. The highest BCUT2D eigenvalue weighted by atomic mass is 16.6. The van der Waals surface area contributed by atoms with E-state index < -0.39 is 5.97 Å². The van der Waals surface area contributed by atoms with Gasteiger partial charge in [-0.2, -0.15) is 0 Å². The Bertz CT molecular complexity index is 579. The third-order valence-corrected chi connectivity index (χ3v) is 2.94. The zero-order valence-corrected chi connectivity index (χ0v) is 11.2. The first-order valence-electron chi connectivity index (χ1n) is 6.26. The van der Waals surface area contributed by atoms with Crippen molar-refractivity contribution in [1.29, 1.82) is 0 Å². The van der Waals surface area contributed by atoms with Gasteiger partial charge < -0.3 is 9.15 Å². The molecule has 1 aromatic heterocycles. The lowest BCUT2D eigenvalue weighted by molar-refractivity contribution is 0.0343. The molecule has 18 heavy (non-hydrogen) atoms. The van der Waals surface area contributed by atoms with Crippen LogP contribution in [0.5, 0.6) is 0 Å². The molecule has 1 aromatic carbocycles. The van der Waals surface area contributed by atoms with Crippen molar-refractivity contribution in [3.05, 3.63) is 35.1 Å². The molecule has 0 unspecified atom stereocenters. The summed E-state index contributed by atoms with van der Waals surface area (Å²) in [5.41, 5.74) is 2.82. The zero-order valence-electron chi connectivity index (χ0n) is 11.2. The van der Waals surface area contributed by atoms with Gasteiger partial charge in [0.2, 0.25) is 5.76 Å². The summed E-state index contributed by atoms with van der Waals surface area (Å²) in [4.78, 5) is 11.9. The minimum absolute atomic E-state index is 0.142. The highest BCUT2D eigenvalue weighted by Gasteiger charge is 2.19. The van der Waals surface area contributed by atoms with Crippen molar-refractivity contribution in [3.63, 3.8) is 0 Å². The molecular formula is C15H18O3. The van der Waals surface area contributed by atoms with Crippen molar-refractivity contribution < 1.29 is 13.9 Å². The van der Waals surface area contributed by atoms with Gasteiger partial charge in [-0.3, -0.25) is 0 Å². The van der Waals surface area contributed by atoms with Gasteiger partial charge >= 0.3 is 5.97 Å². The van der Waals surface area contributed by atoms with Gasteiger partial charge in [0.1, 0.15) is 5.58 Å². The molecule has 0 amide bonds.